The van der Waals surface area contributed by atoms with E-state index in [0.29, 0.717) is 12.8 Å². The molecule has 1 N–H and O–H groups in total. The molecule has 2 rings (SSSR count). The molecule has 1 saturated carbocycles. The summed E-state index contributed by atoms with van der Waals surface area (Å²) < 4.78 is 5.42. The standard InChI is InChI=1S/C13H22N2O3/c1-15-10(7-8-12(15)16)13(17)14-9-5-3-4-6-11(9)18-2/h9-11H,3-8H2,1-2H3,(H,14,17)/t9-,10?,11-/m0/s1. The number of methoxy groups -OCH3 is 1. The van der Waals surface area contributed by atoms with Crippen molar-refractivity contribution in [3.63, 3.8) is 0 Å². The number of hydrogen-bond acceptors (Lipinski definition) is 3. The minimum Gasteiger partial charge on any atom is -0.379 e. The number of carbonyl (C=O) groups excluding carboxylic acids is 2. The number of likely N-dealkylation sites (tertiary alicyclic amines) is 1. The quantitative estimate of drug-likeness (QED) is 0.806. The number of nitrogens with zero attached hydrogens (tertiary/aromatic N) is 1. The first-order chi connectivity index (χ1) is 8.63. The Labute approximate surface area is 108 Å². The Hall–Kier alpha value is -1.10. The van der Waals surface area contributed by atoms with Gasteiger partial charge in [0.25, 0.3) is 0 Å². The topological polar surface area (TPSA) is 58.6 Å². The van der Waals surface area contributed by atoms with Crippen LogP contribution in [0.1, 0.15) is 38.5 Å². The lowest BCUT2D eigenvalue weighted by molar-refractivity contribution is -0.134. The minimum atomic E-state index is -0.295. The number of likely N-dealkylation sites (N-methyl/N-ethyl adjacent to an activating group) is 1. The smallest absolute Gasteiger partial charge is 0.243 e. The van der Waals surface area contributed by atoms with Crippen molar-refractivity contribution in [1.82, 2.24) is 10.2 Å². The fourth-order valence-electron chi connectivity index (χ4n) is 2.93. The summed E-state index contributed by atoms with van der Waals surface area (Å²) >= 11 is 0. The van der Waals surface area contributed by atoms with Crippen molar-refractivity contribution in [1.29, 1.82) is 0 Å². The van der Waals surface area contributed by atoms with Crippen LogP contribution in [0.15, 0.2) is 0 Å². The summed E-state index contributed by atoms with van der Waals surface area (Å²) in [6.45, 7) is 0. The van der Waals surface area contributed by atoms with Crippen molar-refractivity contribution in [3.8, 4) is 0 Å². The monoisotopic (exact) mass is 254 g/mol. The molecule has 1 saturated heterocycles. The van der Waals surface area contributed by atoms with Gasteiger partial charge in [-0.15, -0.1) is 0 Å². The van der Waals surface area contributed by atoms with Gasteiger partial charge in [-0.3, -0.25) is 9.59 Å². The van der Waals surface area contributed by atoms with E-state index in [-0.39, 0.29) is 30.0 Å². The third-order valence-electron chi connectivity index (χ3n) is 4.13. The van der Waals surface area contributed by atoms with Gasteiger partial charge < -0.3 is 15.0 Å². The summed E-state index contributed by atoms with van der Waals surface area (Å²) in [6.07, 6.45) is 5.48. The van der Waals surface area contributed by atoms with Crippen LogP contribution in [0.5, 0.6) is 0 Å². The second kappa shape index (κ2) is 5.69. The second-order valence-electron chi connectivity index (χ2n) is 5.23. The molecule has 0 spiro atoms. The number of ether oxygens (including phenoxy) is 1. The van der Waals surface area contributed by atoms with Crippen molar-refractivity contribution in [3.05, 3.63) is 0 Å². The molecule has 1 unspecified atom stereocenters. The van der Waals surface area contributed by atoms with Crippen LogP contribution in [0.25, 0.3) is 0 Å². The SMILES string of the molecule is CO[C@H]1CCCC[C@@H]1NC(=O)C1CCC(=O)N1C. The number of hydrogen-bond donors (Lipinski definition) is 1. The predicted molar refractivity (Wildman–Crippen MR) is 67.0 cm³/mol. The molecule has 5 heteroatoms. The normalized spacial score (nSPS) is 32.7. The molecule has 0 bridgehead atoms. The molecule has 1 heterocycles. The molecule has 3 atom stereocenters. The van der Waals surface area contributed by atoms with Gasteiger partial charge in [0.1, 0.15) is 6.04 Å². The third kappa shape index (κ3) is 2.66. The molecule has 1 aliphatic heterocycles. The molecule has 2 aliphatic rings. The highest BCUT2D eigenvalue weighted by atomic mass is 16.5. The summed E-state index contributed by atoms with van der Waals surface area (Å²) in [6, 6.07) is -0.197. The number of amides is 2. The number of nitrogens with one attached hydrogen (secondary N) is 1. The molecule has 0 radical (unpaired) electrons. The molecule has 5 nitrogen and oxygen atoms in total. The molecule has 0 aromatic carbocycles. The lowest BCUT2D eigenvalue weighted by Gasteiger charge is -2.32. The van der Waals surface area contributed by atoms with E-state index in [1.165, 1.54) is 0 Å². The average Bonchev–Trinajstić information content (AvgIpc) is 2.71. The first kappa shape index (κ1) is 13.3. The van der Waals surface area contributed by atoms with Crippen molar-refractivity contribution in [2.45, 2.75) is 56.7 Å². The lowest BCUT2D eigenvalue weighted by Crippen LogP contribution is -2.51. The van der Waals surface area contributed by atoms with Crippen LogP contribution in [0.3, 0.4) is 0 Å². The van der Waals surface area contributed by atoms with Gasteiger partial charge >= 0.3 is 0 Å². The maximum atomic E-state index is 12.2. The van der Waals surface area contributed by atoms with E-state index < -0.39 is 0 Å². The molecule has 2 amide bonds. The van der Waals surface area contributed by atoms with E-state index in [4.69, 9.17) is 4.74 Å². The van der Waals surface area contributed by atoms with Crippen LogP contribution in [0.4, 0.5) is 0 Å². The lowest BCUT2D eigenvalue weighted by atomic mass is 9.92. The molecule has 102 valence electrons. The zero-order chi connectivity index (χ0) is 13.1. The van der Waals surface area contributed by atoms with E-state index in [2.05, 4.69) is 5.32 Å². The molecule has 1 aliphatic carbocycles. The Balaban J connectivity index is 1.92. The van der Waals surface area contributed by atoms with Gasteiger partial charge in [0.05, 0.1) is 12.1 Å². The summed E-state index contributed by atoms with van der Waals surface area (Å²) in [7, 11) is 3.40. The van der Waals surface area contributed by atoms with Gasteiger partial charge in [-0.2, -0.15) is 0 Å². The molecular weight excluding hydrogens is 232 g/mol. The first-order valence-electron chi connectivity index (χ1n) is 6.72. The Bertz CT molecular complexity index is 332. The zero-order valence-corrected chi connectivity index (χ0v) is 11.1. The molecule has 2 fully saturated rings. The summed E-state index contributed by atoms with van der Waals surface area (Å²) in [4.78, 5) is 25.1. The van der Waals surface area contributed by atoms with Gasteiger partial charge in [0, 0.05) is 20.6 Å². The first-order valence-corrected chi connectivity index (χ1v) is 6.72. The number of carbonyl (C=O) groups is 2. The average molecular weight is 254 g/mol. The van der Waals surface area contributed by atoms with Gasteiger partial charge in [0.2, 0.25) is 11.8 Å². The molecular formula is C13H22N2O3. The Morgan fingerprint density at radius 1 is 1.33 bits per heavy atom. The Morgan fingerprint density at radius 2 is 2.06 bits per heavy atom. The maximum absolute atomic E-state index is 12.2. The van der Waals surface area contributed by atoms with Crippen LogP contribution in [-0.4, -0.2) is 49.1 Å². The summed E-state index contributed by atoms with van der Waals surface area (Å²) in [5.41, 5.74) is 0. The van der Waals surface area contributed by atoms with Crippen molar-refractivity contribution in [2.24, 2.45) is 0 Å². The summed E-state index contributed by atoms with van der Waals surface area (Å²) in [5, 5.41) is 3.05. The van der Waals surface area contributed by atoms with Crippen LogP contribution in [-0.2, 0) is 14.3 Å². The fraction of sp³-hybridized carbons (Fsp3) is 0.846. The highest BCUT2D eigenvalue weighted by Gasteiger charge is 2.35. The van der Waals surface area contributed by atoms with E-state index in [1.807, 2.05) is 0 Å². The van der Waals surface area contributed by atoms with Crippen molar-refractivity contribution >= 4 is 11.8 Å². The van der Waals surface area contributed by atoms with Crippen LogP contribution >= 0.6 is 0 Å². The molecule has 0 aromatic heterocycles. The highest BCUT2D eigenvalue weighted by molar-refractivity contribution is 5.90. The van der Waals surface area contributed by atoms with E-state index in [1.54, 1.807) is 19.1 Å². The number of rotatable bonds is 3. The molecule has 18 heavy (non-hydrogen) atoms. The highest BCUT2D eigenvalue weighted by Crippen LogP contribution is 2.22. The molecule has 0 aromatic rings. The van der Waals surface area contributed by atoms with Crippen LogP contribution < -0.4 is 5.32 Å². The zero-order valence-electron chi connectivity index (χ0n) is 11.1. The Morgan fingerprint density at radius 3 is 2.67 bits per heavy atom. The van der Waals surface area contributed by atoms with Gasteiger partial charge in [-0.05, 0) is 19.3 Å². The van der Waals surface area contributed by atoms with Crippen LogP contribution in [0, 0.1) is 0 Å². The van der Waals surface area contributed by atoms with Crippen molar-refractivity contribution in [2.75, 3.05) is 14.2 Å². The van der Waals surface area contributed by atoms with E-state index in [0.717, 1.165) is 25.7 Å². The van der Waals surface area contributed by atoms with E-state index in [9.17, 15) is 9.59 Å². The second-order valence-corrected chi connectivity index (χ2v) is 5.23. The van der Waals surface area contributed by atoms with Gasteiger partial charge in [-0.25, -0.2) is 0 Å². The summed E-state index contributed by atoms with van der Waals surface area (Å²) in [5.74, 6) is 0.0272. The largest absolute Gasteiger partial charge is 0.379 e. The fourth-order valence-corrected chi connectivity index (χ4v) is 2.93. The van der Waals surface area contributed by atoms with E-state index >= 15 is 0 Å². The third-order valence-corrected chi connectivity index (χ3v) is 4.13. The van der Waals surface area contributed by atoms with Gasteiger partial charge in [0.15, 0.2) is 0 Å². The van der Waals surface area contributed by atoms with Crippen molar-refractivity contribution < 1.29 is 14.3 Å². The predicted octanol–water partition coefficient (Wildman–Crippen LogP) is 0.681. The Kier molecular flexibility index (Phi) is 4.22. The van der Waals surface area contributed by atoms with Gasteiger partial charge in [-0.1, -0.05) is 12.8 Å². The minimum absolute atomic E-state index is 0.0303. The maximum Gasteiger partial charge on any atom is 0.243 e. The van der Waals surface area contributed by atoms with Crippen LogP contribution in [0.2, 0.25) is 0 Å².